The monoisotopic (exact) mass is 562 g/mol. The number of nitrogens with zero attached hydrogens (tertiary/aromatic N) is 4. The van der Waals surface area contributed by atoms with Gasteiger partial charge < -0.3 is 14.2 Å². The smallest absolute Gasteiger partial charge is 0.204 e. The first-order chi connectivity index (χ1) is 21.0. The van der Waals surface area contributed by atoms with Gasteiger partial charge in [-0.1, -0.05) is 60.7 Å². The summed E-state index contributed by atoms with van der Waals surface area (Å²) < 4.78 is 16.2. The Labute approximate surface area is 250 Å². The quantitative estimate of drug-likeness (QED) is 0.257. The molecule has 0 bridgehead atoms. The van der Waals surface area contributed by atoms with Gasteiger partial charge in [0.2, 0.25) is 10.8 Å². The van der Waals surface area contributed by atoms with E-state index in [9.17, 15) is 21.0 Å². The Balaban J connectivity index is 2.05. The molecule has 0 heterocycles. The molecule has 208 valence electrons. The maximum absolute atomic E-state index is 11.0. The van der Waals surface area contributed by atoms with Crippen LogP contribution in [-0.4, -0.2) is 21.3 Å². The fourth-order valence-electron chi connectivity index (χ4n) is 5.96. The van der Waals surface area contributed by atoms with Crippen molar-refractivity contribution in [3.63, 3.8) is 0 Å². The lowest BCUT2D eigenvalue weighted by molar-refractivity contribution is 0.412. The maximum Gasteiger partial charge on any atom is 0.204 e. The molecule has 1 unspecified atom stereocenters. The number of hydrogen-bond donors (Lipinski definition) is 0. The summed E-state index contributed by atoms with van der Waals surface area (Å²) in [7, 11) is 4.71. The average Bonchev–Trinajstić information content (AvgIpc) is 3.08. The molecule has 0 spiro atoms. The third-order valence-electron chi connectivity index (χ3n) is 8.08. The molecule has 0 fully saturated rings. The van der Waals surface area contributed by atoms with Crippen LogP contribution in [0.15, 0.2) is 103 Å². The highest BCUT2D eigenvalue weighted by Crippen LogP contribution is 2.61. The van der Waals surface area contributed by atoms with E-state index in [0.29, 0.717) is 50.6 Å². The third-order valence-corrected chi connectivity index (χ3v) is 8.08. The largest absolute Gasteiger partial charge is 0.497 e. The zero-order valence-corrected chi connectivity index (χ0v) is 23.8. The number of rotatable bonds is 6. The molecule has 5 rings (SSSR count). The number of nitriles is 4. The lowest BCUT2D eigenvalue weighted by atomic mass is 9.49. The van der Waals surface area contributed by atoms with Crippen molar-refractivity contribution in [1.82, 2.24) is 0 Å². The van der Waals surface area contributed by atoms with Gasteiger partial charge in [-0.25, -0.2) is 0 Å². The van der Waals surface area contributed by atoms with Crippen molar-refractivity contribution in [2.45, 2.75) is 11.3 Å². The molecule has 1 atom stereocenters. The predicted octanol–water partition coefficient (Wildman–Crippen LogP) is 6.68. The van der Waals surface area contributed by atoms with Gasteiger partial charge in [0.25, 0.3) is 0 Å². The van der Waals surface area contributed by atoms with Crippen LogP contribution in [0.3, 0.4) is 0 Å². The minimum atomic E-state index is -2.20. The summed E-state index contributed by atoms with van der Waals surface area (Å²) in [5, 5.41) is 43.5. The fraction of sp³-hybridized carbons (Fsp3) is 0.167. The Morgan fingerprint density at radius 1 is 0.558 bits per heavy atom. The SMILES string of the molecule is COc1ccc(C(=C2C(c3ccc(OC)cc3)c3ccccc3C(C#N)(C#N)C2(C#N)C#N)c2ccc(OC)cc2)cc1. The Morgan fingerprint density at radius 2 is 0.977 bits per heavy atom. The molecule has 7 heteroatoms. The van der Waals surface area contributed by atoms with E-state index in [4.69, 9.17) is 14.2 Å². The number of allylic oxidation sites excluding steroid dienone is 1. The second-order valence-corrected chi connectivity index (χ2v) is 9.99. The van der Waals surface area contributed by atoms with Crippen molar-refractivity contribution in [3.8, 4) is 41.5 Å². The summed E-state index contributed by atoms with van der Waals surface area (Å²) in [6, 6.07) is 37.7. The first-order valence-corrected chi connectivity index (χ1v) is 13.4. The predicted molar refractivity (Wildman–Crippen MR) is 160 cm³/mol. The normalized spacial score (nSPS) is 15.8. The molecule has 0 saturated carbocycles. The minimum absolute atomic E-state index is 0.330. The number of hydrogen-bond acceptors (Lipinski definition) is 7. The number of fused-ring (bicyclic) bond motifs is 1. The Morgan fingerprint density at radius 3 is 1.40 bits per heavy atom. The van der Waals surface area contributed by atoms with E-state index in [1.807, 2.05) is 60.7 Å². The molecular weight excluding hydrogens is 536 g/mol. The van der Waals surface area contributed by atoms with Gasteiger partial charge in [-0.3, -0.25) is 0 Å². The first kappa shape index (κ1) is 28.5. The van der Waals surface area contributed by atoms with Crippen molar-refractivity contribution >= 4 is 5.57 Å². The van der Waals surface area contributed by atoms with E-state index in [1.165, 1.54) is 0 Å². The van der Waals surface area contributed by atoms with E-state index in [0.717, 1.165) is 5.56 Å². The molecule has 4 aromatic carbocycles. The maximum atomic E-state index is 11.0. The summed E-state index contributed by atoms with van der Waals surface area (Å²) in [5.74, 6) is 1.21. The Bertz CT molecular complexity index is 1790. The van der Waals surface area contributed by atoms with Crippen molar-refractivity contribution in [2.75, 3.05) is 21.3 Å². The number of methoxy groups -OCH3 is 3. The van der Waals surface area contributed by atoms with Gasteiger partial charge in [-0.05, 0) is 75.4 Å². The van der Waals surface area contributed by atoms with E-state index in [2.05, 4.69) is 24.3 Å². The van der Waals surface area contributed by atoms with Crippen LogP contribution >= 0.6 is 0 Å². The van der Waals surface area contributed by atoms with E-state index in [-0.39, 0.29) is 0 Å². The van der Waals surface area contributed by atoms with Gasteiger partial charge in [0.05, 0.1) is 45.6 Å². The summed E-state index contributed by atoms with van der Waals surface area (Å²) in [4.78, 5) is 0. The molecule has 0 aromatic heterocycles. The molecule has 0 aliphatic heterocycles. The molecule has 4 aromatic rings. The van der Waals surface area contributed by atoms with E-state index in [1.54, 1.807) is 57.7 Å². The second-order valence-electron chi connectivity index (χ2n) is 9.99. The van der Waals surface area contributed by atoms with Crippen LogP contribution in [0.5, 0.6) is 17.2 Å². The molecule has 1 aliphatic carbocycles. The summed E-state index contributed by atoms with van der Waals surface area (Å²) in [6.07, 6.45) is 0. The highest BCUT2D eigenvalue weighted by atomic mass is 16.5. The topological polar surface area (TPSA) is 123 Å². The van der Waals surface area contributed by atoms with Crippen LogP contribution in [0.25, 0.3) is 5.57 Å². The van der Waals surface area contributed by atoms with E-state index >= 15 is 0 Å². The first-order valence-electron chi connectivity index (χ1n) is 13.4. The summed E-state index contributed by atoms with van der Waals surface area (Å²) in [5.41, 5.74) is -0.333. The van der Waals surface area contributed by atoms with Crippen LogP contribution in [-0.2, 0) is 5.41 Å². The third kappa shape index (κ3) is 4.33. The Kier molecular flexibility index (Phi) is 7.60. The van der Waals surface area contributed by atoms with Gasteiger partial charge in [-0.15, -0.1) is 0 Å². The molecule has 0 amide bonds. The van der Waals surface area contributed by atoms with Crippen LogP contribution < -0.4 is 14.2 Å². The van der Waals surface area contributed by atoms with Crippen LogP contribution in [0.4, 0.5) is 0 Å². The second kappa shape index (κ2) is 11.5. The highest BCUT2D eigenvalue weighted by molar-refractivity contribution is 5.88. The van der Waals surface area contributed by atoms with Crippen molar-refractivity contribution < 1.29 is 14.2 Å². The summed E-state index contributed by atoms with van der Waals surface area (Å²) >= 11 is 0. The van der Waals surface area contributed by atoms with E-state index < -0.39 is 16.7 Å². The minimum Gasteiger partial charge on any atom is -0.497 e. The number of benzene rings is 4. The molecule has 0 saturated heterocycles. The van der Waals surface area contributed by atoms with Crippen LogP contribution in [0.2, 0.25) is 0 Å². The zero-order valence-electron chi connectivity index (χ0n) is 23.8. The molecule has 0 N–H and O–H groups in total. The average molecular weight is 563 g/mol. The molecular formula is C36H26N4O3. The summed E-state index contributed by atoms with van der Waals surface area (Å²) in [6.45, 7) is 0. The molecule has 0 radical (unpaired) electrons. The molecule has 1 aliphatic rings. The highest BCUT2D eigenvalue weighted by Gasteiger charge is 2.64. The van der Waals surface area contributed by atoms with Crippen LogP contribution in [0.1, 0.15) is 33.7 Å². The lowest BCUT2D eigenvalue weighted by Gasteiger charge is -2.45. The fourth-order valence-corrected chi connectivity index (χ4v) is 5.96. The van der Waals surface area contributed by atoms with Gasteiger partial charge in [0.1, 0.15) is 17.2 Å². The van der Waals surface area contributed by atoms with Crippen LogP contribution in [0, 0.1) is 50.7 Å². The van der Waals surface area contributed by atoms with Crippen molar-refractivity contribution in [1.29, 1.82) is 21.0 Å². The van der Waals surface area contributed by atoms with Crippen molar-refractivity contribution in [3.05, 3.63) is 130 Å². The number of ether oxygens (including phenoxy) is 3. The molecule has 43 heavy (non-hydrogen) atoms. The van der Waals surface area contributed by atoms with Gasteiger partial charge in [0, 0.05) is 5.92 Å². The lowest BCUT2D eigenvalue weighted by Crippen LogP contribution is -2.49. The molecule has 7 nitrogen and oxygen atoms in total. The van der Waals surface area contributed by atoms with Gasteiger partial charge in [-0.2, -0.15) is 21.0 Å². The zero-order chi connectivity index (χ0) is 30.6. The Hall–Kier alpha value is -6.02. The van der Waals surface area contributed by atoms with Gasteiger partial charge in [0.15, 0.2) is 0 Å². The van der Waals surface area contributed by atoms with Crippen molar-refractivity contribution in [2.24, 2.45) is 5.41 Å². The standard InChI is InChI=1S/C36H26N4O3/c1-41-27-14-8-24(9-15-27)32(25-10-16-28(42-2)17-11-25)34-33(26-12-18-29(43-3)19-13-26)30-6-4-5-7-31(30)35(20-37,21-38)36(34,22-39)23-40/h4-19,33H,1-3H3. The van der Waals surface area contributed by atoms with Gasteiger partial charge >= 0.3 is 0 Å².